The van der Waals surface area contributed by atoms with Crippen molar-refractivity contribution < 1.29 is 4.74 Å². The van der Waals surface area contributed by atoms with Crippen LogP contribution in [-0.4, -0.2) is 22.9 Å². The summed E-state index contributed by atoms with van der Waals surface area (Å²) < 4.78 is 7.72. The first-order valence-electron chi connectivity index (χ1n) is 7.17. The van der Waals surface area contributed by atoms with Crippen LogP contribution in [0.1, 0.15) is 30.2 Å². The molecule has 110 valence electrons. The van der Waals surface area contributed by atoms with Gasteiger partial charge in [0, 0.05) is 18.7 Å². The molecule has 0 spiro atoms. The summed E-state index contributed by atoms with van der Waals surface area (Å²) in [6, 6.07) is 5.57. The Bertz CT molecular complexity index is 692. The fourth-order valence-corrected chi connectivity index (χ4v) is 3.35. The molecule has 4 rings (SSSR count). The van der Waals surface area contributed by atoms with Gasteiger partial charge in [0.05, 0.1) is 21.4 Å². The number of nitrogens with zero attached hydrogens (tertiary/aromatic N) is 2. The van der Waals surface area contributed by atoms with E-state index in [4.69, 9.17) is 33.0 Å². The number of benzene rings is 1. The third-order valence-corrected chi connectivity index (χ3v) is 4.80. The molecule has 21 heavy (non-hydrogen) atoms. The van der Waals surface area contributed by atoms with E-state index in [0.717, 1.165) is 49.6 Å². The van der Waals surface area contributed by atoms with Gasteiger partial charge >= 0.3 is 0 Å². The monoisotopic (exact) mass is 323 g/mol. The summed E-state index contributed by atoms with van der Waals surface area (Å²) in [6.07, 6.45) is 3.27. The lowest BCUT2D eigenvalue weighted by atomic mass is 10.1. The fraction of sp³-hybridized carbons (Fsp3) is 0.400. The summed E-state index contributed by atoms with van der Waals surface area (Å²) in [5.41, 5.74) is 3.26. The maximum absolute atomic E-state index is 6.13. The van der Waals surface area contributed by atoms with Crippen molar-refractivity contribution >= 4 is 29.0 Å². The number of halogens is 2. The third kappa shape index (κ3) is 2.22. The molecule has 0 radical (unpaired) electrons. The molecule has 1 fully saturated rings. The van der Waals surface area contributed by atoms with Gasteiger partial charge in [-0.3, -0.25) is 0 Å². The topological polar surface area (TPSA) is 39.1 Å². The molecule has 1 atom stereocenters. The van der Waals surface area contributed by atoms with Gasteiger partial charge in [-0.15, -0.1) is 0 Å². The average Bonchev–Trinajstić information content (AvgIpc) is 3.17. The van der Waals surface area contributed by atoms with Crippen LogP contribution in [0.15, 0.2) is 18.2 Å². The molecule has 0 bridgehead atoms. The van der Waals surface area contributed by atoms with Crippen molar-refractivity contribution in [1.82, 2.24) is 9.78 Å². The average molecular weight is 324 g/mol. The Morgan fingerprint density at radius 3 is 2.95 bits per heavy atom. The van der Waals surface area contributed by atoms with Gasteiger partial charge in [-0.25, -0.2) is 4.68 Å². The van der Waals surface area contributed by atoms with Gasteiger partial charge in [0.15, 0.2) is 0 Å². The van der Waals surface area contributed by atoms with E-state index < -0.39 is 0 Å². The molecule has 2 aromatic rings. The molecule has 1 saturated heterocycles. The summed E-state index contributed by atoms with van der Waals surface area (Å²) in [6.45, 7) is 1.76. The van der Waals surface area contributed by atoms with E-state index in [2.05, 4.69) is 5.32 Å². The van der Waals surface area contributed by atoms with Crippen LogP contribution in [0.3, 0.4) is 0 Å². The molecule has 1 unspecified atom stereocenters. The van der Waals surface area contributed by atoms with Gasteiger partial charge in [0.2, 0.25) is 0 Å². The highest BCUT2D eigenvalue weighted by Gasteiger charge is 2.30. The maximum Gasteiger partial charge on any atom is 0.133 e. The second-order valence-corrected chi connectivity index (χ2v) is 6.22. The highest BCUT2D eigenvalue weighted by molar-refractivity contribution is 6.42. The highest BCUT2D eigenvalue weighted by atomic mass is 35.5. The minimum atomic E-state index is 0.127. The van der Waals surface area contributed by atoms with Crippen LogP contribution < -0.4 is 5.32 Å². The molecule has 0 aliphatic carbocycles. The van der Waals surface area contributed by atoms with Gasteiger partial charge in [0.25, 0.3) is 0 Å². The summed E-state index contributed by atoms with van der Waals surface area (Å²) in [5, 5.41) is 9.29. The Balaban J connectivity index is 1.81. The molecule has 1 aromatic heterocycles. The van der Waals surface area contributed by atoms with Crippen molar-refractivity contribution in [3.63, 3.8) is 0 Å². The summed E-state index contributed by atoms with van der Waals surface area (Å²) in [7, 11) is 0. The first-order chi connectivity index (χ1) is 10.2. The van der Waals surface area contributed by atoms with Crippen molar-refractivity contribution in [2.45, 2.75) is 25.4 Å². The molecule has 3 heterocycles. The van der Waals surface area contributed by atoms with E-state index in [9.17, 15) is 0 Å². The largest absolute Gasteiger partial charge is 0.372 e. The number of hydrogen-bond donors (Lipinski definition) is 1. The van der Waals surface area contributed by atoms with E-state index in [-0.39, 0.29) is 6.10 Å². The van der Waals surface area contributed by atoms with Crippen molar-refractivity contribution in [2.75, 3.05) is 18.5 Å². The van der Waals surface area contributed by atoms with E-state index in [1.54, 1.807) is 6.07 Å². The predicted octanol–water partition coefficient (Wildman–Crippen LogP) is 4.00. The van der Waals surface area contributed by atoms with Crippen LogP contribution in [0.25, 0.3) is 5.69 Å². The Kier molecular flexibility index (Phi) is 3.32. The number of anilines is 1. The number of aromatic nitrogens is 2. The molecule has 1 N–H and O–H groups in total. The Labute approximate surface area is 133 Å². The molecule has 4 nitrogen and oxygen atoms in total. The van der Waals surface area contributed by atoms with E-state index in [1.807, 2.05) is 16.8 Å². The van der Waals surface area contributed by atoms with Gasteiger partial charge < -0.3 is 10.1 Å². The van der Waals surface area contributed by atoms with Gasteiger partial charge in [0.1, 0.15) is 11.9 Å². The van der Waals surface area contributed by atoms with Crippen LogP contribution in [-0.2, 0) is 11.2 Å². The van der Waals surface area contributed by atoms with Crippen molar-refractivity contribution in [2.24, 2.45) is 0 Å². The molecule has 2 aliphatic heterocycles. The van der Waals surface area contributed by atoms with Crippen LogP contribution >= 0.6 is 23.2 Å². The second kappa shape index (κ2) is 5.20. The molecular weight excluding hydrogens is 309 g/mol. The molecule has 0 amide bonds. The van der Waals surface area contributed by atoms with E-state index >= 15 is 0 Å². The minimum Gasteiger partial charge on any atom is -0.372 e. The Morgan fingerprint density at radius 1 is 1.29 bits per heavy atom. The minimum absolute atomic E-state index is 0.127. The van der Waals surface area contributed by atoms with Crippen LogP contribution in [0.2, 0.25) is 10.0 Å². The number of nitrogens with one attached hydrogen (secondary N) is 1. The van der Waals surface area contributed by atoms with Gasteiger partial charge in [-0.2, -0.15) is 5.10 Å². The molecule has 6 heteroatoms. The fourth-order valence-electron chi connectivity index (χ4n) is 3.06. The smallest absolute Gasteiger partial charge is 0.133 e. The number of rotatable bonds is 2. The number of fused-ring (bicyclic) bond motifs is 1. The number of hydrogen-bond acceptors (Lipinski definition) is 3. The summed E-state index contributed by atoms with van der Waals surface area (Å²) >= 11 is 12.1. The van der Waals surface area contributed by atoms with Crippen LogP contribution in [0, 0.1) is 0 Å². The van der Waals surface area contributed by atoms with Crippen LogP contribution in [0.5, 0.6) is 0 Å². The Morgan fingerprint density at radius 2 is 2.19 bits per heavy atom. The lowest BCUT2D eigenvalue weighted by Gasteiger charge is -2.09. The predicted molar refractivity (Wildman–Crippen MR) is 83.7 cm³/mol. The zero-order chi connectivity index (χ0) is 14.4. The zero-order valence-corrected chi connectivity index (χ0v) is 12.9. The quantitative estimate of drug-likeness (QED) is 0.907. The van der Waals surface area contributed by atoms with Crippen molar-refractivity contribution in [3.05, 3.63) is 39.5 Å². The molecule has 2 aliphatic rings. The standard InChI is InChI=1S/C15H15Cl2N3O/c16-11-4-3-9(8-12(11)17)20-15-10(5-6-18-15)14(19-20)13-2-1-7-21-13/h3-4,8,13,18H,1-2,5-7H2. The summed E-state index contributed by atoms with van der Waals surface area (Å²) in [5.74, 6) is 1.05. The molecular formula is C15H15Cl2N3O. The number of ether oxygens (including phenoxy) is 1. The summed E-state index contributed by atoms with van der Waals surface area (Å²) in [4.78, 5) is 0. The molecule has 1 aromatic carbocycles. The second-order valence-electron chi connectivity index (χ2n) is 5.40. The van der Waals surface area contributed by atoms with Crippen molar-refractivity contribution in [1.29, 1.82) is 0 Å². The molecule has 0 saturated carbocycles. The highest BCUT2D eigenvalue weighted by Crippen LogP contribution is 2.37. The van der Waals surface area contributed by atoms with E-state index in [0.29, 0.717) is 10.0 Å². The van der Waals surface area contributed by atoms with Crippen molar-refractivity contribution in [3.8, 4) is 5.69 Å². The normalized spacial score (nSPS) is 20.6. The SMILES string of the molecule is Clc1ccc(-n2nc(C3CCCO3)c3c2NCC3)cc1Cl. The third-order valence-electron chi connectivity index (χ3n) is 4.06. The van der Waals surface area contributed by atoms with Gasteiger partial charge in [-0.1, -0.05) is 23.2 Å². The van der Waals surface area contributed by atoms with E-state index in [1.165, 1.54) is 5.56 Å². The zero-order valence-electron chi connectivity index (χ0n) is 11.4. The Hall–Kier alpha value is -1.23. The first-order valence-corrected chi connectivity index (χ1v) is 7.92. The van der Waals surface area contributed by atoms with Crippen LogP contribution in [0.4, 0.5) is 5.82 Å². The maximum atomic E-state index is 6.13. The lowest BCUT2D eigenvalue weighted by molar-refractivity contribution is 0.107. The first kappa shape index (κ1) is 13.4. The lowest BCUT2D eigenvalue weighted by Crippen LogP contribution is -2.06. The van der Waals surface area contributed by atoms with Gasteiger partial charge in [-0.05, 0) is 37.5 Å².